The van der Waals surface area contributed by atoms with E-state index >= 15 is 0 Å². The number of hydrogen-bond donors (Lipinski definition) is 0. The van der Waals surface area contributed by atoms with Gasteiger partial charge in [-0.25, -0.2) is 0 Å². The molecule has 1 unspecified atom stereocenters. The van der Waals surface area contributed by atoms with Crippen molar-refractivity contribution in [3.63, 3.8) is 0 Å². The molecule has 0 bridgehead atoms. The molecule has 0 saturated carbocycles. The van der Waals surface area contributed by atoms with Gasteiger partial charge in [0, 0.05) is 19.3 Å². The predicted molar refractivity (Wildman–Crippen MR) is 357 cm³/mol. The van der Waals surface area contributed by atoms with Crippen LogP contribution in [0.15, 0.2) is 122 Å². The highest BCUT2D eigenvalue weighted by molar-refractivity contribution is 5.71. The molecule has 6 nitrogen and oxygen atoms in total. The van der Waals surface area contributed by atoms with Gasteiger partial charge in [0.1, 0.15) is 13.2 Å². The molecule has 0 aliphatic rings. The normalized spacial score (nSPS) is 12.9. The lowest BCUT2D eigenvalue weighted by Crippen LogP contribution is -2.30. The lowest BCUT2D eigenvalue weighted by molar-refractivity contribution is -0.167. The molecule has 0 radical (unpaired) electrons. The maximum Gasteiger partial charge on any atom is 0.306 e. The summed E-state index contributed by atoms with van der Waals surface area (Å²) in [4.78, 5) is 38.2. The summed E-state index contributed by atoms with van der Waals surface area (Å²) < 4.78 is 16.8. The van der Waals surface area contributed by atoms with Gasteiger partial charge in [-0.2, -0.15) is 0 Å². The zero-order valence-corrected chi connectivity index (χ0v) is 53.7. The van der Waals surface area contributed by atoms with Gasteiger partial charge in [-0.05, 0) is 96.3 Å². The highest BCUT2D eigenvalue weighted by atomic mass is 16.6. The molecule has 0 amide bonds. The Morgan fingerprint density at radius 3 is 0.744 bits per heavy atom. The smallest absolute Gasteiger partial charge is 0.306 e. The van der Waals surface area contributed by atoms with E-state index in [9.17, 15) is 14.4 Å². The molecular formula is C76H128O6. The predicted octanol–water partition coefficient (Wildman–Crippen LogP) is 23.9. The second kappa shape index (κ2) is 69.3. The van der Waals surface area contributed by atoms with E-state index < -0.39 is 6.10 Å². The Labute approximate surface area is 507 Å². The number of carbonyl (C=O) groups is 3. The van der Waals surface area contributed by atoms with Crippen LogP contribution in [0.2, 0.25) is 0 Å². The molecule has 6 heteroatoms. The maximum atomic E-state index is 12.9. The van der Waals surface area contributed by atoms with Crippen molar-refractivity contribution < 1.29 is 28.6 Å². The molecular weight excluding hydrogens is 1010 g/mol. The Hall–Kier alpha value is -4.19. The third-order valence-electron chi connectivity index (χ3n) is 14.7. The maximum absolute atomic E-state index is 12.9. The highest BCUT2D eigenvalue weighted by Crippen LogP contribution is 2.17. The molecule has 0 aromatic heterocycles. The minimum absolute atomic E-state index is 0.0898. The van der Waals surface area contributed by atoms with Crippen molar-refractivity contribution in [1.29, 1.82) is 0 Å². The van der Waals surface area contributed by atoms with Gasteiger partial charge in [-0.1, -0.05) is 328 Å². The standard InChI is InChI=1S/C76H128O6/c1-4-7-10-13-16-19-21-23-25-27-29-31-33-34-35-36-37-38-39-40-41-42-44-45-47-49-51-53-55-57-60-63-66-69-75(78)81-72-73(71-80-74(77)68-65-62-59-18-15-12-9-6-3)82-76(79)70-67-64-61-58-56-54-52-50-48-46-43-32-30-28-26-24-22-20-17-14-11-8-5-2/h7,10,16,19,23,25,29,31,34-35,37-38,40-41,44-45,49,51,55,57,73H,4-6,8-9,11-15,17-18,20-22,24,26-28,30,32-33,36,39,42-43,46-48,50,52-54,56,58-72H2,1-3H3/b10-7-,19-16-,25-23-,31-29-,35-34-,38-37-,41-40-,45-44-,51-49-,57-55-. The van der Waals surface area contributed by atoms with Crippen LogP contribution in [-0.4, -0.2) is 37.2 Å². The number of carbonyl (C=O) groups excluding carboxylic acids is 3. The molecule has 0 aromatic carbocycles. The average molecular weight is 1140 g/mol. The second-order valence-electron chi connectivity index (χ2n) is 22.7. The molecule has 0 saturated heterocycles. The van der Waals surface area contributed by atoms with Gasteiger partial charge in [0.2, 0.25) is 0 Å². The van der Waals surface area contributed by atoms with Crippen LogP contribution in [0.4, 0.5) is 0 Å². The molecule has 0 aliphatic heterocycles. The minimum atomic E-state index is -0.795. The summed E-state index contributed by atoms with van der Waals surface area (Å²) in [7, 11) is 0. The summed E-state index contributed by atoms with van der Waals surface area (Å²) in [6.45, 7) is 6.49. The number of unbranched alkanes of at least 4 members (excludes halogenated alkanes) is 31. The van der Waals surface area contributed by atoms with Crippen molar-refractivity contribution in [2.24, 2.45) is 0 Å². The number of hydrogen-bond acceptors (Lipinski definition) is 6. The minimum Gasteiger partial charge on any atom is -0.462 e. The Balaban J connectivity index is 4.24. The first-order valence-electron chi connectivity index (χ1n) is 34.5. The van der Waals surface area contributed by atoms with Crippen molar-refractivity contribution in [2.45, 2.75) is 329 Å². The first-order chi connectivity index (χ1) is 40.5. The van der Waals surface area contributed by atoms with Gasteiger partial charge >= 0.3 is 17.9 Å². The first kappa shape index (κ1) is 77.8. The third-order valence-corrected chi connectivity index (χ3v) is 14.7. The summed E-state index contributed by atoms with van der Waals surface area (Å²) in [5.74, 6) is -0.930. The fraction of sp³-hybridized carbons (Fsp3) is 0.697. The summed E-state index contributed by atoms with van der Waals surface area (Å²) >= 11 is 0. The monoisotopic (exact) mass is 1140 g/mol. The quantitative estimate of drug-likeness (QED) is 0.0261. The summed E-state index contributed by atoms with van der Waals surface area (Å²) in [6.07, 6.45) is 96.7. The third kappa shape index (κ3) is 66.6. The van der Waals surface area contributed by atoms with Crippen LogP contribution in [0.1, 0.15) is 323 Å². The van der Waals surface area contributed by atoms with E-state index in [1.165, 1.54) is 161 Å². The number of allylic oxidation sites excluding steroid dienone is 20. The van der Waals surface area contributed by atoms with Crippen molar-refractivity contribution >= 4 is 17.9 Å². The van der Waals surface area contributed by atoms with Crippen LogP contribution in [0.5, 0.6) is 0 Å². The average Bonchev–Trinajstić information content (AvgIpc) is 3.47. The number of rotatable bonds is 62. The molecule has 0 heterocycles. The Kier molecular flexibility index (Phi) is 65.8. The number of ether oxygens (including phenoxy) is 3. The van der Waals surface area contributed by atoms with E-state index in [0.29, 0.717) is 19.3 Å². The molecule has 0 aromatic rings. The van der Waals surface area contributed by atoms with E-state index in [-0.39, 0.29) is 31.1 Å². The molecule has 0 spiro atoms. The van der Waals surface area contributed by atoms with Gasteiger partial charge < -0.3 is 14.2 Å². The SMILES string of the molecule is CC/C=C\C/C=C\C/C=C\C/C=C\C/C=C\C/C=C\C/C=C\C/C=C\C/C=C\C/C=C\CCCCC(=O)OCC(COC(=O)CCCCCCCCCC)OC(=O)CCCCCCCCCCCCCCCCCCCCCCCCC. The van der Waals surface area contributed by atoms with Crippen LogP contribution in [-0.2, 0) is 28.6 Å². The summed E-state index contributed by atoms with van der Waals surface area (Å²) in [5.41, 5.74) is 0. The van der Waals surface area contributed by atoms with Crippen molar-refractivity contribution in [3.05, 3.63) is 122 Å². The zero-order chi connectivity index (χ0) is 59.2. The molecule has 82 heavy (non-hydrogen) atoms. The van der Waals surface area contributed by atoms with Crippen molar-refractivity contribution in [2.75, 3.05) is 13.2 Å². The van der Waals surface area contributed by atoms with Crippen LogP contribution in [0.25, 0.3) is 0 Å². The summed E-state index contributed by atoms with van der Waals surface area (Å²) in [5, 5.41) is 0. The van der Waals surface area contributed by atoms with E-state index in [4.69, 9.17) is 14.2 Å². The lowest BCUT2D eigenvalue weighted by Gasteiger charge is -2.18. The van der Waals surface area contributed by atoms with Crippen LogP contribution >= 0.6 is 0 Å². The molecule has 0 rings (SSSR count). The fourth-order valence-corrected chi connectivity index (χ4v) is 9.59. The van der Waals surface area contributed by atoms with Crippen molar-refractivity contribution in [3.8, 4) is 0 Å². The van der Waals surface area contributed by atoms with Crippen molar-refractivity contribution in [1.82, 2.24) is 0 Å². The lowest BCUT2D eigenvalue weighted by atomic mass is 10.0. The van der Waals surface area contributed by atoms with E-state index in [2.05, 4.69) is 142 Å². The van der Waals surface area contributed by atoms with Gasteiger partial charge in [0.05, 0.1) is 0 Å². The Bertz CT molecular complexity index is 1690. The molecule has 0 aliphatic carbocycles. The van der Waals surface area contributed by atoms with Gasteiger partial charge in [-0.15, -0.1) is 0 Å². The summed E-state index contributed by atoms with van der Waals surface area (Å²) in [6, 6.07) is 0. The van der Waals surface area contributed by atoms with Gasteiger partial charge in [0.15, 0.2) is 6.10 Å². The topological polar surface area (TPSA) is 78.9 Å². The van der Waals surface area contributed by atoms with Gasteiger partial charge in [0.25, 0.3) is 0 Å². The van der Waals surface area contributed by atoms with E-state index in [1.807, 2.05) is 0 Å². The largest absolute Gasteiger partial charge is 0.462 e. The fourth-order valence-electron chi connectivity index (χ4n) is 9.59. The van der Waals surface area contributed by atoms with Crippen LogP contribution in [0, 0.1) is 0 Å². The van der Waals surface area contributed by atoms with E-state index in [1.54, 1.807) is 0 Å². The number of esters is 3. The Morgan fingerprint density at radius 2 is 0.476 bits per heavy atom. The van der Waals surface area contributed by atoms with Crippen LogP contribution in [0.3, 0.4) is 0 Å². The van der Waals surface area contributed by atoms with E-state index in [0.717, 1.165) is 122 Å². The van der Waals surface area contributed by atoms with Gasteiger partial charge in [-0.3, -0.25) is 14.4 Å². The Morgan fingerprint density at radius 1 is 0.256 bits per heavy atom. The highest BCUT2D eigenvalue weighted by Gasteiger charge is 2.19. The molecule has 468 valence electrons. The van der Waals surface area contributed by atoms with Crippen LogP contribution < -0.4 is 0 Å². The molecule has 0 N–H and O–H groups in total. The molecule has 1 atom stereocenters. The molecule has 0 fully saturated rings. The zero-order valence-electron chi connectivity index (χ0n) is 53.7. The second-order valence-corrected chi connectivity index (χ2v) is 22.7. The first-order valence-corrected chi connectivity index (χ1v) is 34.5.